The van der Waals surface area contributed by atoms with E-state index in [0.717, 1.165) is 0 Å². The van der Waals surface area contributed by atoms with E-state index in [1.165, 1.54) is 62.2 Å². The molecule has 0 aromatic rings. The first-order valence-electron chi connectivity index (χ1n) is 7.66. The monoisotopic (exact) mass is 308 g/mol. The number of thioether (sulfide) groups is 3. The van der Waals surface area contributed by atoms with Crippen molar-refractivity contribution < 1.29 is 0 Å². The third-order valence-corrected chi connectivity index (χ3v) is 8.68. The molecule has 0 aliphatic rings. The van der Waals surface area contributed by atoms with E-state index in [0.29, 0.717) is 3.41 Å². The molecule has 3 heteroatoms. The lowest BCUT2D eigenvalue weighted by Crippen LogP contribution is -2.16. The van der Waals surface area contributed by atoms with Crippen LogP contribution in [0.25, 0.3) is 0 Å². The summed E-state index contributed by atoms with van der Waals surface area (Å²) in [5.41, 5.74) is 0. The summed E-state index contributed by atoms with van der Waals surface area (Å²) in [6, 6.07) is 0. The topological polar surface area (TPSA) is 0 Å². The van der Waals surface area contributed by atoms with Crippen molar-refractivity contribution in [1.29, 1.82) is 0 Å². The highest BCUT2D eigenvalue weighted by Crippen LogP contribution is 2.50. The second-order valence-corrected chi connectivity index (χ2v) is 9.60. The van der Waals surface area contributed by atoms with Gasteiger partial charge in [-0.05, 0) is 42.9 Å². The van der Waals surface area contributed by atoms with Crippen LogP contribution in [0.4, 0.5) is 0 Å². The zero-order chi connectivity index (χ0) is 13.7. The molecule has 0 heterocycles. The van der Waals surface area contributed by atoms with Crippen molar-refractivity contribution in [2.75, 3.05) is 17.3 Å². The van der Waals surface area contributed by atoms with E-state index in [2.05, 4.69) is 63.0 Å². The van der Waals surface area contributed by atoms with Crippen molar-refractivity contribution in [3.63, 3.8) is 0 Å². The molecular weight excluding hydrogens is 276 g/mol. The van der Waals surface area contributed by atoms with Gasteiger partial charge in [0.05, 0.1) is 0 Å². The number of hydrogen-bond donors (Lipinski definition) is 0. The molecule has 0 amide bonds. The predicted octanol–water partition coefficient (Wildman–Crippen LogP) is 6.65. The minimum absolute atomic E-state index is 0.444. The van der Waals surface area contributed by atoms with Crippen LogP contribution in [0.5, 0.6) is 0 Å². The normalized spacial score (nSPS) is 12.0. The van der Waals surface area contributed by atoms with E-state index < -0.39 is 0 Å². The summed E-state index contributed by atoms with van der Waals surface area (Å²) in [5.74, 6) is 4.01. The summed E-state index contributed by atoms with van der Waals surface area (Å²) in [7, 11) is 0. The Kier molecular flexibility index (Phi) is 13.8. The second-order valence-electron chi connectivity index (χ2n) is 4.64. The average Bonchev–Trinajstić information content (AvgIpc) is 2.39. The summed E-state index contributed by atoms with van der Waals surface area (Å²) >= 11 is 6.66. The van der Waals surface area contributed by atoms with E-state index >= 15 is 0 Å². The highest BCUT2D eigenvalue weighted by Gasteiger charge is 2.29. The second kappa shape index (κ2) is 13.1. The van der Waals surface area contributed by atoms with Crippen molar-refractivity contribution in [2.24, 2.45) is 0 Å². The van der Waals surface area contributed by atoms with Gasteiger partial charge >= 0.3 is 0 Å². The van der Waals surface area contributed by atoms with Gasteiger partial charge in [0.2, 0.25) is 0 Å². The Morgan fingerprint density at radius 2 is 0.944 bits per heavy atom. The summed E-state index contributed by atoms with van der Waals surface area (Å²) < 4.78 is 0.444. The Bertz CT molecular complexity index is 145. The quantitative estimate of drug-likeness (QED) is 0.276. The molecule has 0 aliphatic carbocycles. The molecule has 18 heavy (non-hydrogen) atoms. The molecule has 0 nitrogen and oxygen atoms in total. The summed E-state index contributed by atoms with van der Waals surface area (Å²) in [4.78, 5) is 0. The fourth-order valence-electron chi connectivity index (χ4n) is 1.55. The van der Waals surface area contributed by atoms with Crippen LogP contribution in [-0.4, -0.2) is 20.7 Å². The Morgan fingerprint density at radius 3 is 1.17 bits per heavy atom. The van der Waals surface area contributed by atoms with Gasteiger partial charge in [-0.15, -0.1) is 35.3 Å². The smallest absolute Gasteiger partial charge is 0.106 e. The van der Waals surface area contributed by atoms with Gasteiger partial charge < -0.3 is 0 Å². The van der Waals surface area contributed by atoms with Crippen LogP contribution < -0.4 is 0 Å². The SMILES string of the molecule is CCCCSC(CC)(SCCCC)SCCCC. The Hall–Kier alpha value is 1.05. The van der Waals surface area contributed by atoms with Crippen molar-refractivity contribution in [2.45, 2.75) is 76.1 Å². The van der Waals surface area contributed by atoms with E-state index in [-0.39, 0.29) is 0 Å². The first-order valence-corrected chi connectivity index (χ1v) is 10.6. The zero-order valence-corrected chi connectivity index (χ0v) is 15.2. The summed E-state index contributed by atoms with van der Waals surface area (Å²) in [5, 5.41) is 0. The van der Waals surface area contributed by atoms with Crippen LogP contribution in [0.2, 0.25) is 0 Å². The van der Waals surface area contributed by atoms with Crippen molar-refractivity contribution in [3.8, 4) is 0 Å². The maximum absolute atomic E-state index is 2.37. The molecule has 0 radical (unpaired) electrons. The van der Waals surface area contributed by atoms with Gasteiger partial charge in [-0.2, -0.15) is 0 Å². The first-order chi connectivity index (χ1) is 8.74. The maximum Gasteiger partial charge on any atom is 0.106 e. The molecule has 0 saturated carbocycles. The summed E-state index contributed by atoms with van der Waals surface area (Å²) in [6.45, 7) is 9.25. The average molecular weight is 309 g/mol. The zero-order valence-electron chi connectivity index (χ0n) is 12.8. The largest absolute Gasteiger partial charge is 0.133 e. The lowest BCUT2D eigenvalue weighted by atomic mass is 10.4. The van der Waals surface area contributed by atoms with Crippen LogP contribution in [-0.2, 0) is 0 Å². The Morgan fingerprint density at radius 1 is 0.611 bits per heavy atom. The molecule has 110 valence electrons. The van der Waals surface area contributed by atoms with E-state index in [9.17, 15) is 0 Å². The van der Waals surface area contributed by atoms with Crippen LogP contribution in [0.15, 0.2) is 0 Å². The molecule has 0 bridgehead atoms. The van der Waals surface area contributed by atoms with Crippen LogP contribution >= 0.6 is 35.3 Å². The molecular formula is C15H32S3. The molecule has 0 aliphatic heterocycles. The van der Waals surface area contributed by atoms with Crippen LogP contribution in [0.1, 0.15) is 72.6 Å². The molecule has 0 unspecified atom stereocenters. The van der Waals surface area contributed by atoms with Gasteiger partial charge in [-0.1, -0.05) is 47.0 Å². The predicted molar refractivity (Wildman–Crippen MR) is 95.1 cm³/mol. The third kappa shape index (κ3) is 9.03. The lowest BCUT2D eigenvalue weighted by Gasteiger charge is -2.31. The molecule has 0 N–H and O–H groups in total. The van der Waals surface area contributed by atoms with Gasteiger partial charge in [-0.3, -0.25) is 0 Å². The van der Waals surface area contributed by atoms with Crippen molar-refractivity contribution >= 4 is 35.3 Å². The molecule has 0 rings (SSSR count). The van der Waals surface area contributed by atoms with E-state index in [4.69, 9.17) is 0 Å². The molecule has 0 atom stereocenters. The number of rotatable bonds is 13. The maximum atomic E-state index is 2.37. The van der Waals surface area contributed by atoms with E-state index in [1.54, 1.807) is 0 Å². The minimum Gasteiger partial charge on any atom is -0.133 e. The molecule has 0 fully saturated rings. The molecule has 0 spiro atoms. The van der Waals surface area contributed by atoms with Gasteiger partial charge in [0.1, 0.15) is 3.41 Å². The minimum atomic E-state index is 0.444. The number of hydrogen-bond acceptors (Lipinski definition) is 3. The van der Waals surface area contributed by atoms with Gasteiger partial charge in [0, 0.05) is 0 Å². The van der Waals surface area contributed by atoms with Gasteiger partial charge in [-0.25, -0.2) is 0 Å². The van der Waals surface area contributed by atoms with Crippen LogP contribution in [0.3, 0.4) is 0 Å². The molecule has 0 aromatic heterocycles. The lowest BCUT2D eigenvalue weighted by molar-refractivity contribution is 0.877. The fraction of sp³-hybridized carbons (Fsp3) is 1.00. The van der Waals surface area contributed by atoms with Gasteiger partial charge in [0.15, 0.2) is 0 Å². The Labute approximate surface area is 128 Å². The van der Waals surface area contributed by atoms with Crippen molar-refractivity contribution in [1.82, 2.24) is 0 Å². The Balaban J connectivity index is 4.20. The highest BCUT2D eigenvalue weighted by atomic mass is 32.3. The molecule has 0 saturated heterocycles. The van der Waals surface area contributed by atoms with Gasteiger partial charge in [0.25, 0.3) is 0 Å². The van der Waals surface area contributed by atoms with Crippen LogP contribution in [0, 0.1) is 0 Å². The first kappa shape index (κ1) is 19.1. The summed E-state index contributed by atoms with van der Waals surface area (Å²) in [6.07, 6.45) is 9.38. The number of unbranched alkanes of at least 4 members (excludes halogenated alkanes) is 3. The van der Waals surface area contributed by atoms with Crippen molar-refractivity contribution in [3.05, 3.63) is 0 Å². The standard InChI is InChI=1S/C15H32S3/c1-5-9-12-16-15(8-4,17-13-10-6-2)18-14-11-7-3/h5-14H2,1-4H3. The van der Waals surface area contributed by atoms with E-state index in [1.807, 2.05) is 0 Å². The highest BCUT2D eigenvalue weighted by molar-refractivity contribution is 8.33. The fourth-order valence-corrected chi connectivity index (χ4v) is 6.89. The molecule has 0 aromatic carbocycles. The third-order valence-electron chi connectivity index (χ3n) is 2.89.